The smallest absolute Gasteiger partial charge is 0.249 e. The van der Waals surface area contributed by atoms with E-state index in [9.17, 15) is 9.59 Å². The van der Waals surface area contributed by atoms with Gasteiger partial charge in [0.15, 0.2) is 0 Å². The molecule has 5 heteroatoms. The van der Waals surface area contributed by atoms with Crippen molar-refractivity contribution in [3.05, 3.63) is 77.4 Å². The number of nitrogens with zero attached hydrogens (tertiary/aromatic N) is 1. The third-order valence-corrected chi connectivity index (χ3v) is 5.85. The van der Waals surface area contributed by atoms with Gasteiger partial charge in [0.1, 0.15) is 0 Å². The van der Waals surface area contributed by atoms with Gasteiger partial charge in [-0.15, -0.1) is 0 Å². The molecule has 3 N–H and O–H groups in total. The zero-order chi connectivity index (χ0) is 22.7. The summed E-state index contributed by atoms with van der Waals surface area (Å²) in [5.74, 6) is -0.559. The molecule has 0 fully saturated rings. The lowest BCUT2D eigenvalue weighted by atomic mass is 10.0. The van der Waals surface area contributed by atoms with E-state index in [0.717, 1.165) is 45.9 Å². The summed E-state index contributed by atoms with van der Waals surface area (Å²) in [5, 5.41) is 4.64. The lowest BCUT2D eigenvalue weighted by Gasteiger charge is -2.13. The topological polar surface area (TPSA) is 77.1 Å². The molecule has 0 aliphatic carbocycles. The van der Waals surface area contributed by atoms with Crippen molar-refractivity contribution in [1.82, 2.24) is 4.57 Å². The van der Waals surface area contributed by atoms with Gasteiger partial charge in [-0.3, -0.25) is 9.59 Å². The SMILES string of the molecule is CCCCCc1c[c]c2c3c(C(N)=O)cccc3n(Cc3ccccc3NC(C)=O)c2c1. The monoisotopic (exact) mass is 426 g/mol. The highest BCUT2D eigenvalue weighted by atomic mass is 16.1. The molecule has 3 aromatic carbocycles. The van der Waals surface area contributed by atoms with E-state index in [1.165, 1.54) is 25.3 Å². The molecule has 0 saturated carbocycles. The van der Waals surface area contributed by atoms with Crippen LogP contribution in [0.3, 0.4) is 0 Å². The summed E-state index contributed by atoms with van der Waals surface area (Å²) in [6, 6.07) is 21.1. The Balaban J connectivity index is 1.91. The second-order valence-electron chi connectivity index (χ2n) is 8.21. The first-order valence-electron chi connectivity index (χ1n) is 11.1. The van der Waals surface area contributed by atoms with Crippen LogP contribution in [-0.2, 0) is 17.8 Å². The van der Waals surface area contributed by atoms with Crippen LogP contribution in [-0.4, -0.2) is 16.4 Å². The molecule has 0 bridgehead atoms. The van der Waals surface area contributed by atoms with E-state index in [0.29, 0.717) is 12.1 Å². The highest BCUT2D eigenvalue weighted by Gasteiger charge is 2.18. The number of amides is 2. The van der Waals surface area contributed by atoms with E-state index in [2.05, 4.69) is 28.9 Å². The summed E-state index contributed by atoms with van der Waals surface area (Å²) in [4.78, 5) is 23.9. The number of carbonyl (C=O) groups is 2. The minimum Gasteiger partial charge on any atom is -0.366 e. The first-order chi connectivity index (χ1) is 15.5. The highest BCUT2D eigenvalue weighted by Crippen LogP contribution is 2.33. The first-order valence-corrected chi connectivity index (χ1v) is 11.1. The Morgan fingerprint density at radius 2 is 1.88 bits per heavy atom. The molecule has 163 valence electrons. The number of primary amides is 1. The number of fused-ring (bicyclic) bond motifs is 3. The van der Waals surface area contributed by atoms with Gasteiger partial charge >= 0.3 is 0 Å². The first kappa shape index (κ1) is 21.6. The van der Waals surface area contributed by atoms with Crippen LogP contribution in [0.5, 0.6) is 0 Å². The standard InChI is InChI=1S/C27H28N3O2/c1-3-4-5-9-19-14-15-21-25(16-19)30(24-13-8-11-22(26(21)24)27(28)32)17-20-10-6-7-12-23(20)29-18(2)31/h6-8,10-14,16H,3-5,9,17H2,1-2H3,(H2,28,32)(H,29,31). The summed E-state index contributed by atoms with van der Waals surface area (Å²) in [7, 11) is 0. The van der Waals surface area contributed by atoms with Crippen molar-refractivity contribution in [2.75, 3.05) is 5.32 Å². The second kappa shape index (κ2) is 9.27. The number of para-hydroxylation sites is 1. The molecule has 0 saturated heterocycles. The van der Waals surface area contributed by atoms with Crippen molar-refractivity contribution in [2.24, 2.45) is 5.73 Å². The minimum absolute atomic E-state index is 0.109. The van der Waals surface area contributed by atoms with Gasteiger partial charge in [0.05, 0.1) is 17.6 Å². The third-order valence-electron chi connectivity index (χ3n) is 5.85. The Morgan fingerprint density at radius 1 is 1.06 bits per heavy atom. The van der Waals surface area contributed by atoms with Crippen LogP contribution in [0.25, 0.3) is 21.8 Å². The predicted molar refractivity (Wildman–Crippen MR) is 130 cm³/mol. The summed E-state index contributed by atoms with van der Waals surface area (Å²) in [5.41, 5.74) is 11.1. The van der Waals surface area contributed by atoms with Gasteiger partial charge in [0, 0.05) is 28.9 Å². The molecule has 4 aromatic rings. The Morgan fingerprint density at radius 3 is 2.62 bits per heavy atom. The summed E-state index contributed by atoms with van der Waals surface area (Å²) < 4.78 is 2.19. The van der Waals surface area contributed by atoms with Crippen LogP contribution in [0.4, 0.5) is 5.69 Å². The van der Waals surface area contributed by atoms with Gasteiger partial charge in [0.25, 0.3) is 0 Å². The highest BCUT2D eigenvalue weighted by molar-refractivity contribution is 6.17. The summed E-state index contributed by atoms with van der Waals surface area (Å²) in [6.07, 6.45) is 4.49. The molecular formula is C27H28N3O2. The number of nitrogens with two attached hydrogens (primary N) is 1. The largest absolute Gasteiger partial charge is 0.366 e. The molecule has 0 spiro atoms. The van der Waals surface area contributed by atoms with Crippen molar-refractivity contribution in [3.8, 4) is 0 Å². The van der Waals surface area contributed by atoms with Gasteiger partial charge < -0.3 is 15.6 Å². The van der Waals surface area contributed by atoms with Crippen LogP contribution in [0.2, 0.25) is 0 Å². The number of rotatable bonds is 8. The molecule has 0 unspecified atom stereocenters. The third kappa shape index (κ3) is 4.24. The number of carbonyl (C=O) groups excluding carboxylic acids is 2. The van der Waals surface area contributed by atoms with E-state index in [1.807, 2.05) is 42.5 Å². The average Bonchev–Trinajstić information content (AvgIpc) is 3.08. The number of benzene rings is 3. The predicted octanol–water partition coefficient (Wildman–Crippen LogP) is 5.43. The fourth-order valence-electron chi connectivity index (χ4n) is 4.34. The number of hydrogen-bond donors (Lipinski definition) is 2. The molecule has 1 radical (unpaired) electrons. The van der Waals surface area contributed by atoms with E-state index in [4.69, 9.17) is 5.73 Å². The molecule has 4 rings (SSSR count). The molecule has 1 heterocycles. The van der Waals surface area contributed by atoms with Gasteiger partial charge in [-0.1, -0.05) is 50.1 Å². The fourth-order valence-corrected chi connectivity index (χ4v) is 4.34. The summed E-state index contributed by atoms with van der Waals surface area (Å²) >= 11 is 0. The van der Waals surface area contributed by atoms with Crippen LogP contribution in [0, 0.1) is 6.07 Å². The lowest BCUT2D eigenvalue weighted by Crippen LogP contribution is -2.11. The van der Waals surface area contributed by atoms with Gasteiger partial charge in [-0.2, -0.15) is 0 Å². The maximum atomic E-state index is 12.2. The molecule has 2 amide bonds. The van der Waals surface area contributed by atoms with Crippen molar-refractivity contribution < 1.29 is 9.59 Å². The normalized spacial score (nSPS) is 11.2. The van der Waals surface area contributed by atoms with Crippen LogP contribution >= 0.6 is 0 Å². The lowest BCUT2D eigenvalue weighted by molar-refractivity contribution is -0.114. The number of hydrogen-bond acceptors (Lipinski definition) is 2. The van der Waals surface area contributed by atoms with E-state index >= 15 is 0 Å². The van der Waals surface area contributed by atoms with Crippen LogP contribution in [0.15, 0.2) is 54.6 Å². The zero-order valence-electron chi connectivity index (χ0n) is 18.6. The molecular weight excluding hydrogens is 398 g/mol. The molecule has 1 aromatic heterocycles. The van der Waals surface area contributed by atoms with Crippen molar-refractivity contribution in [2.45, 2.75) is 46.1 Å². The number of nitrogens with one attached hydrogen (secondary N) is 1. The van der Waals surface area contributed by atoms with Gasteiger partial charge in [-0.05, 0) is 54.3 Å². The molecule has 32 heavy (non-hydrogen) atoms. The molecule has 0 aliphatic rings. The molecule has 0 atom stereocenters. The number of anilines is 1. The van der Waals surface area contributed by atoms with Crippen LogP contribution < -0.4 is 11.1 Å². The van der Waals surface area contributed by atoms with Crippen molar-refractivity contribution in [3.63, 3.8) is 0 Å². The Hall–Kier alpha value is -3.60. The van der Waals surface area contributed by atoms with E-state index in [1.54, 1.807) is 6.07 Å². The van der Waals surface area contributed by atoms with Crippen molar-refractivity contribution in [1.29, 1.82) is 0 Å². The second-order valence-corrected chi connectivity index (χ2v) is 8.21. The minimum atomic E-state index is -0.450. The van der Waals surface area contributed by atoms with E-state index in [-0.39, 0.29) is 5.91 Å². The molecule has 5 nitrogen and oxygen atoms in total. The Labute approximate surface area is 188 Å². The Kier molecular flexibility index (Phi) is 6.26. The number of aryl methyl sites for hydroxylation is 1. The fraction of sp³-hybridized carbons (Fsp3) is 0.259. The average molecular weight is 427 g/mol. The maximum Gasteiger partial charge on any atom is 0.249 e. The molecule has 0 aliphatic heterocycles. The zero-order valence-corrected chi connectivity index (χ0v) is 18.6. The van der Waals surface area contributed by atoms with E-state index < -0.39 is 5.91 Å². The van der Waals surface area contributed by atoms with Gasteiger partial charge in [-0.25, -0.2) is 0 Å². The number of aromatic nitrogens is 1. The summed E-state index contributed by atoms with van der Waals surface area (Å²) in [6.45, 7) is 4.25. The van der Waals surface area contributed by atoms with Crippen molar-refractivity contribution >= 4 is 39.3 Å². The maximum absolute atomic E-state index is 12.2. The Bertz CT molecular complexity index is 1300. The number of unbranched alkanes of at least 4 members (excludes halogenated alkanes) is 2. The quantitative estimate of drug-likeness (QED) is 0.368. The van der Waals surface area contributed by atoms with Gasteiger partial charge in [0.2, 0.25) is 11.8 Å². The van der Waals surface area contributed by atoms with Crippen LogP contribution in [0.1, 0.15) is 54.6 Å².